The number of hydrogen-bond acceptors (Lipinski definition) is 5. The molecule has 1 aromatic carbocycles. The van der Waals surface area contributed by atoms with E-state index in [9.17, 15) is 14.9 Å². The number of aliphatic hydroxyl groups is 1. The minimum atomic E-state index is -0.414. The lowest BCUT2D eigenvalue weighted by Gasteiger charge is -2.20. The molecule has 114 valence electrons. The average molecular weight is 293 g/mol. The zero-order valence-corrected chi connectivity index (χ0v) is 12.0. The predicted molar refractivity (Wildman–Crippen MR) is 79.6 cm³/mol. The number of carbonyl (C=O) groups excluding carboxylic acids is 1. The molecule has 1 aliphatic heterocycles. The first kappa shape index (κ1) is 15.2. The van der Waals surface area contributed by atoms with Gasteiger partial charge < -0.3 is 15.3 Å². The second kappa shape index (κ2) is 6.53. The van der Waals surface area contributed by atoms with Crippen LogP contribution in [0.15, 0.2) is 12.1 Å². The highest BCUT2D eigenvalue weighted by Crippen LogP contribution is 2.36. The summed E-state index contributed by atoms with van der Waals surface area (Å²) in [7, 11) is 1.80. The summed E-state index contributed by atoms with van der Waals surface area (Å²) in [6.45, 7) is 0.822. The highest BCUT2D eigenvalue weighted by molar-refractivity contribution is 6.00. The summed E-state index contributed by atoms with van der Waals surface area (Å²) in [6, 6.07) is 3.15. The lowest BCUT2D eigenvalue weighted by Crippen LogP contribution is -2.20. The molecule has 0 fully saturated rings. The lowest BCUT2D eigenvalue weighted by atomic mass is 10.1. The summed E-state index contributed by atoms with van der Waals surface area (Å²) in [6.07, 6.45) is 2.64. The number of amides is 1. The molecule has 7 nitrogen and oxygen atoms in total. The van der Waals surface area contributed by atoms with Gasteiger partial charge in [-0.15, -0.1) is 0 Å². The third kappa shape index (κ3) is 3.49. The van der Waals surface area contributed by atoms with Crippen LogP contribution >= 0.6 is 0 Å². The molecule has 0 radical (unpaired) electrons. The van der Waals surface area contributed by atoms with Crippen molar-refractivity contribution < 1.29 is 14.8 Å². The van der Waals surface area contributed by atoms with Crippen molar-refractivity contribution in [2.75, 3.05) is 30.4 Å². The summed E-state index contributed by atoms with van der Waals surface area (Å²) in [4.78, 5) is 24.0. The number of carbonyl (C=O) groups is 1. The molecule has 0 aromatic heterocycles. The van der Waals surface area contributed by atoms with Gasteiger partial charge in [0.2, 0.25) is 5.91 Å². The van der Waals surface area contributed by atoms with E-state index >= 15 is 0 Å². The normalized spacial score (nSPS) is 13.0. The summed E-state index contributed by atoms with van der Waals surface area (Å²) < 4.78 is 0. The van der Waals surface area contributed by atoms with Crippen LogP contribution in [0, 0.1) is 10.1 Å². The van der Waals surface area contributed by atoms with Crippen LogP contribution in [-0.4, -0.2) is 36.1 Å². The number of nitro groups is 1. The molecule has 0 saturated heterocycles. The van der Waals surface area contributed by atoms with Gasteiger partial charge in [0.05, 0.1) is 11.3 Å². The van der Waals surface area contributed by atoms with Crippen molar-refractivity contribution >= 4 is 23.0 Å². The largest absolute Gasteiger partial charge is 0.396 e. The summed E-state index contributed by atoms with van der Waals surface area (Å²) in [5.74, 6) is -0.137. The first-order valence-corrected chi connectivity index (χ1v) is 6.96. The standard InChI is InChI=1S/C14H19N3O4/c1-16(5-3-2-4-6-18)12-9-11-10(8-14(19)15-11)7-13(12)17(20)21/h7,9,18H,2-6,8H2,1H3,(H,15,19). The van der Waals surface area contributed by atoms with Crippen molar-refractivity contribution in [3.8, 4) is 0 Å². The third-order valence-corrected chi connectivity index (χ3v) is 3.59. The number of aliphatic hydroxyl groups excluding tert-OH is 1. The van der Waals surface area contributed by atoms with Gasteiger partial charge in [0.25, 0.3) is 5.69 Å². The van der Waals surface area contributed by atoms with E-state index in [0.717, 1.165) is 19.3 Å². The van der Waals surface area contributed by atoms with E-state index in [-0.39, 0.29) is 24.6 Å². The monoisotopic (exact) mass is 293 g/mol. The average Bonchev–Trinajstić information content (AvgIpc) is 2.81. The number of unbranched alkanes of at least 4 members (excludes halogenated alkanes) is 2. The van der Waals surface area contributed by atoms with Gasteiger partial charge in [0.15, 0.2) is 0 Å². The molecular formula is C14H19N3O4. The summed E-state index contributed by atoms with van der Waals surface area (Å²) in [5, 5.41) is 22.7. The minimum Gasteiger partial charge on any atom is -0.396 e. The fourth-order valence-electron chi connectivity index (χ4n) is 2.46. The van der Waals surface area contributed by atoms with Gasteiger partial charge in [-0.25, -0.2) is 0 Å². The molecule has 0 spiro atoms. The van der Waals surface area contributed by atoms with Crippen molar-refractivity contribution in [1.29, 1.82) is 0 Å². The number of benzene rings is 1. The Morgan fingerprint density at radius 3 is 2.81 bits per heavy atom. The van der Waals surface area contributed by atoms with Gasteiger partial charge in [0, 0.05) is 32.0 Å². The van der Waals surface area contributed by atoms with Crippen LogP contribution in [-0.2, 0) is 11.2 Å². The highest BCUT2D eigenvalue weighted by Gasteiger charge is 2.25. The minimum absolute atomic E-state index is 0.0231. The Hall–Kier alpha value is -2.15. The number of hydrogen-bond donors (Lipinski definition) is 2. The molecule has 1 amide bonds. The van der Waals surface area contributed by atoms with E-state index in [1.54, 1.807) is 13.1 Å². The number of rotatable bonds is 7. The Kier molecular flexibility index (Phi) is 4.74. The van der Waals surface area contributed by atoms with Gasteiger partial charge in [-0.1, -0.05) is 0 Å². The molecule has 2 rings (SSSR count). The second-order valence-electron chi connectivity index (χ2n) is 5.19. The Morgan fingerprint density at radius 1 is 1.38 bits per heavy atom. The maximum Gasteiger partial charge on any atom is 0.292 e. The molecule has 0 unspecified atom stereocenters. The molecule has 7 heteroatoms. The summed E-state index contributed by atoms with van der Waals surface area (Å²) >= 11 is 0. The Bertz CT molecular complexity index is 559. The van der Waals surface area contributed by atoms with Gasteiger partial charge in [-0.3, -0.25) is 14.9 Å². The number of nitrogens with one attached hydrogen (secondary N) is 1. The van der Waals surface area contributed by atoms with Crippen molar-refractivity contribution in [2.24, 2.45) is 0 Å². The van der Waals surface area contributed by atoms with Gasteiger partial charge in [-0.2, -0.15) is 0 Å². The Morgan fingerprint density at radius 2 is 2.14 bits per heavy atom. The van der Waals surface area contributed by atoms with Crippen molar-refractivity contribution in [3.63, 3.8) is 0 Å². The molecule has 0 aliphatic carbocycles. The number of fused-ring (bicyclic) bond motifs is 1. The molecule has 0 atom stereocenters. The van der Waals surface area contributed by atoms with Gasteiger partial charge in [0.1, 0.15) is 5.69 Å². The highest BCUT2D eigenvalue weighted by atomic mass is 16.6. The van der Waals surface area contributed by atoms with Crippen molar-refractivity contribution in [1.82, 2.24) is 0 Å². The molecule has 0 bridgehead atoms. The lowest BCUT2D eigenvalue weighted by molar-refractivity contribution is -0.384. The van der Waals surface area contributed by atoms with Crippen molar-refractivity contribution in [2.45, 2.75) is 25.7 Å². The van der Waals surface area contributed by atoms with E-state index in [2.05, 4.69) is 5.32 Å². The maximum absolute atomic E-state index is 11.4. The quantitative estimate of drug-likeness (QED) is 0.453. The first-order valence-electron chi connectivity index (χ1n) is 6.96. The van der Waals surface area contributed by atoms with Crippen LogP contribution in [0.1, 0.15) is 24.8 Å². The van der Waals surface area contributed by atoms with E-state index in [4.69, 9.17) is 5.11 Å². The van der Waals surface area contributed by atoms with Gasteiger partial charge in [-0.05, 0) is 30.9 Å². The smallest absolute Gasteiger partial charge is 0.292 e. The van der Waals surface area contributed by atoms with Crippen LogP contribution in [0.3, 0.4) is 0 Å². The van der Waals surface area contributed by atoms with Crippen LogP contribution in [0.5, 0.6) is 0 Å². The van der Waals surface area contributed by atoms with Crippen LogP contribution in [0.4, 0.5) is 17.1 Å². The molecule has 2 N–H and O–H groups in total. The summed E-state index contributed by atoms with van der Waals surface area (Å²) in [5.41, 5.74) is 1.85. The van der Waals surface area contributed by atoms with E-state index in [1.165, 1.54) is 6.07 Å². The number of nitrogens with zero attached hydrogens (tertiary/aromatic N) is 2. The third-order valence-electron chi connectivity index (χ3n) is 3.59. The van der Waals surface area contributed by atoms with E-state index in [1.807, 2.05) is 4.90 Å². The number of anilines is 2. The van der Waals surface area contributed by atoms with Crippen LogP contribution in [0.2, 0.25) is 0 Å². The van der Waals surface area contributed by atoms with Crippen LogP contribution < -0.4 is 10.2 Å². The molecule has 1 heterocycles. The SMILES string of the molecule is CN(CCCCCO)c1cc2c(cc1[N+](=O)[O-])CC(=O)N2. The van der Waals surface area contributed by atoms with Gasteiger partial charge >= 0.3 is 0 Å². The first-order chi connectivity index (χ1) is 10.0. The molecule has 1 aromatic rings. The van der Waals surface area contributed by atoms with E-state index in [0.29, 0.717) is 23.5 Å². The van der Waals surface area contributed by atoms with E-state index < -0.39 is 4.92 Å². The molecule has 1 aliphatic rings. The van der Waals surface area contributed by atoms with Crippen molar-refractivity contribution in [3.05, 3.63) is 27.8 Å². The molecular weight excluding hydrogens is 274 g/mol. The Balaban J connectivity index is 2.19. The number of nitro benzene ring substituents is 1. The zero-order valence-electron chi connectivity index (χ0n) is 12.0. The molecule has 21 heavy (non-hydrogen) atoms. The predicted octanol–water partition coefficient (Wildman–Crippen LogP) is 1.69. The fourth-order valence-corrected chi connectivity index (χ4v) is 2.46. The second-order valence-corrected chi connectivity index (χ2v) is 5.19. The Labute approximate surface area is 122 Å². The zero-order chi connectivity index (χ0) is 15.4. The topological polar surface area (TPSA) is 95.7 Å². The molecule has 0 saturated carbocycles. The maximum atomic E-state index is 11.4. The van der Waals surface area contributed by atoms with Crippen LogP contribution in [0.25, 0.3) is 0 Å². The fraction of sp³-hybridized carbons (Fsp3) is 0.500.